The van der Waals surface area contributed by atoms with Crippen molar-refractivity contribution < 1.29 is 4.79 Å². The molecule has 100 valence electrons. The normalized spacial score (nSPS) is 11.3. The van der Waals surface area contributed by atoms with Crippen LogP contribution in [0.15, 0.2) is 18.3 Å². The van der Waals surface area contributed by atoms with E-state index >= 15 is 0 Å². The van der Waals surface area contributed by atoms with Gasteiger partial charge in [0.15, 0.2) is 0 Å². The molecule has 0 aliphatic carbocycles. The quantitative estimate of drug-likeness (QED) is 0.796. The SMILES string of the molecule is CCC(CC)(CNc1ncccc1C(N)=O)SC. The maximum atomic E-state index is 11.3. The minimum atomic E-state index is -0.451. The first-order valence-electron chi connectivity index (χ1n) is 6.12. The highest BCUT2D eigenvalue weighted by molar-refractivity contribution is 8.00. The lowest BCUT2D eigenvalue weighted by Gasteiger charge is -2.30. The van der Waals surface area contributed by atoms with E-state index in [1.54, 1.807) is 18.3 Å². The van der Waals surface area contributed by atoms with Gasteiger partial charge in [-0.25, -0.2) is 4.98 Å². The molecule has 1 aromatic heterocycles. The van der Waals surface area contributed by atoms with Gasteiger partial charge in [-0.05, 0) is 31.2 Å². The van der Waals surface area contributed by atoms with Gasteiger partial charge in [-0.15, -0.1) is 0 Å². The van der Waals surface area contributed by atoms with Gasteiger partial charge >= 0.3 is 0 Å². The highest BCUT2D eigenvalue weighted by Crippen LogP contribution is 2.30. The predicted molar refractivity (Wildman–Crippen MR) is 78.1 cm³/mol. The second-order valence-electron chi connectivity index (χ2n) is 4.21. The maximum absolute atomic E-state index is 11.3. The summed E-state index contributed by atoms with van der Waals surface area (Å²) >= 11 is 1.84. The summed E-state index contributed by atoms with van der Waals surface area (Å²) in [5.74, 6) is 0.124. The van der Waals surface area contributed by atoms with Crippen LogP contribution in [0.4, 0.5) is 5.82 Å². The second-order valence-corrected chi connectivity index (χ2v) is 5.49. The highest BCUT2D eigenvalue weighted by Gasteiger charge is 2.25. The van der Waals surface area contributed by atoms with Crippen LogP contribution >= 0.6 is 11.8 Å². The molecule has 1 aromatic rings. The number of nitrogens with zero attached hydrogens (tertiary/aromatic N) is 1. The Hall–Kier alpha value is -1.23. The molecule has 1 rings (SSSR count). The molecule has 1 amide bonds. The molecule has 0 aliphatic rings. The van der Waals surface area contributed by atoms with Crippen LogP contribution in [-0.4, -0.2) is 28.4 Å². The lowest BCUT2D eigenvalue weighted by atomic mass is 10.0. The monoisotopic (exact) mass is 267 g/mol. The van der Waals surface area contributed by atoms with Crippen LogP contribution in [0.1, 0.15) is 37.0 Å². The standard InChI is InChI=1S/C13H21N3OS/c1-4-13(5-2,18-3)9-16-12-10(11(14)17)7-6-8-15-12/h6-8H,4-5,9H2,1-3H3,(H2,14,17)(H,15,16). The highest BCUT2D eigenvalue weighted by atomic mass is 32.2. The van der Waals surface area contributed by atoms with Crippen molar-refractivity contribution in [2.75, 3.05) is 18.1 Å². The molecule has 0 radical (unpaired) electrons. The first-order chi connectivity index (χ1) is 8.58. The van der Waals surface area contributed by atoms with Crippen LogP contribution in [-0.2, 0) is 0 Å². The first-order valence-corrected chi connectivity index (χ1v) is 7.35. The fourth-order valence-corrected chi connectivity index (χ4v) is 2.64. The van der Waals surface area contributed by atoms with E-state index in [1.165, 1.54) is 0 Å². The number of anilines is 1. The molecular formula is C13H21N3OS. The van der Waals surface area contributed by atoms with E-state index in [9.17, 15) is 4.79 Å². The zero-order valence-corrected chi connectivity index (χ0v) is 12.0. The summed E-state index contributed by atoms with van der Waals surface area (Å²) in [7, 11) is 0. The molecule has 3 N–H and O–H groups in total. The molecular weight excluding hydrogens is 246 g/mol. The number of rotatable bonds is 7. The van der Waals surface area contributed by atoms with Gasteiger partial charge < -0.3 is 11.1 Å². The Bertz CT molecular complexity index is 397. The Balaban J connectivity index is 2.83. The van der Waals surface area contributed by atoms with Crippen molar-refractivity contribution in [3.63, 3.8) is 0 Å². The van der Waals surface area contributed by atoms with Gasteiger partial charge in [0.25, 0.3) is 5.91 Å². The van der Waals surface area contributed by atoms with Crippen molar-refractivity contribution >= 4 is 23.5 Å². The van der Waals surface area contributed by atoms with Crippen LogP contribution in [0.3, 0.4) is 0 Å². The van der Waals surface area contributed by atoms with Crippen molar-refractivity contribution in [1.29, 1.82) is 0 Å². The van der Waals surface area contributed by atoms with Gasteiger partial charge in [-0.1, -0.05) is 13.8 Å². The number of pyridine rings is 1. The van der Waals surface area contributed by atoms with E-state index in [2.05, 4.69) is 30.4 Å². The van der Waals surface area contributed by atoms with Gasteiger partial charge in [0.2, 0.25) is 0 Å². The van der Waals surface area contributed by atoms with E-state index in [1.807, 2.05) is 11.8 Å². The minimum Gasteiger partial charge on any atom is -0.368 e. The number of carbonyl (C=O) groups excluding carboxylic acids is 1. The smallest absolute Gasteiger partial charge is 0.252 e. The number of nitrogens with one attached hydrogen (secondary N) is 1. The summed E-state index contributed by atoms with van der Waals surface area (Å²) < 4.78 is 0.173. The molecule has 0 aliphatic heterocycles. The molecule has 4 nitrogen and oxygen atoms in total. The Morgan fingerprint density at radius 2 is 2.17 bits per heavy atom. The molecule has 5 heteroatoms. The van der Waals surface area contributed by atoms with Crippen molar-refractivity contribution in [1.82, 2.24) is 4.98 Å². The number of amides is 1. The number of carbonyl (C=O) groups is 1. The first kappa shape index (κ1) is 14.8. The summed E-state index contributed by atoms with van der Waals surface area (Å²) in [6.45, 7) is 5.13. The molecule has 1 heterocycles. The fraction of sp³-hybridized carbons (Fsp3) is 0.538. The zero-order chi connectivity index (χ0) is 13.6. The van der Waals surface area contributed by atoms with Crippen LogP contribution < -0.4 is 11.1 Å². The number of hydrogen-bond donors (Lipinski definition) is 2. The van der Waals surface area contributed by atoms with E-state index < -0.39 is 5.91 Å². The summed E-state index contributed by atoms with van der Waals surface area (Å²) in [5, 5.41) is 3.26. The maximum Gasteiger partial charge on any atom is 0.252 e. The van der Waals surface area contributed by atoms with Crippen LogP contribution in [0.2, 0.25) is 0 Å². The molecule has 0 bridgehead atoms. The van der Waals surface area contributed by atoms with Crippen molar-refractivity contribution in [2.45, 2.75) is 31.4 Å². The van der Waals surface area contributed by atoms with Crippen LogP contribution in [0.25, 0.3) is 0 Å². The van der Waals surface area contributed by atoms with Crippen molar-refractivity contribution in [3.05, 3.63) is 23.9 Å². The average molecular weight is 267 g/mol. The third-order valence-electron chi connectivity index (χ3n) is 3.37. The van der Waals surface area contributed by atoms with Gasteiger partial charge in [0.1, 0.15) is 5.82 Å². The summed E-state index contributed by atoms with van der Waals surface area (Å²) in [6, 6.07) is 3.41. The van der Waals surface area contributed by atoms with Gasteiger partial charge in [0, 0.05) is 17.5 Å². The van der Waals surface area contributed by atoms with Gasteiger partial charge in [-0.3, -0.25) is 4.79 Å². The lowest BCUT2D eigenvalue weighted by molar-refractivity contribution is 0.100. The molecule has 18 heavy (non-hydrogen) atoms. The molecule has 0 fully saturated rings. The van der Waals surface area contributed by atoms with E-state index in [0.717, 1.165) is 19.4 Å². The van der Waals surface area contributed by atoms with Crippen molar-refractivity contribution in [2.24, 2.45) is 5.73 Å². The Labute approximate surface area is 113 Å². The molecule has 0 atom stereocenters. The van der Waals surface area contributed by atoms with Crippen molar-refractivity contribution in [3.8, 4) is 0 Å². The summed E-state index contributed by atoms with van der Waals surface area (Å²) in [4.78, 5) is 15.5. The zero-order valence-electron chi connectivity index (χ0n) is 11.2. The number of primary amides is 1. The molecule has 0 unspecified atom stereocenters. The summed E-state index contributed by atoms with van der Waals surface area (Å²) in [6.07, 6.45) is 5.91. The average Bonchev–Trinajstić information content (AvgIpc) is 2.41. The third kappa shape index (κ3) is 3.38. The van der Waals surface area contributed by atoms with Crippen LogP contribution in [0, 0.1) is 0 Å². The Morgan fingerprint density at radius 3 is 2.67 bits per heavy atom. The van der Waals surface area contributed by atoms with Crippen LogP contribution in [0.5, 0.6) is 0 Å². The minimum absolute atomic E-state index is 0.173. The van der Waals surface area contributed by atoms with E-state index in [-0.39, 0.29) is 4.75 Å². The van der Waals surface area contributed by atoms with Gasteiger partial charge in [-0.2, -0.15) is 11.8 Å². The largest absolute Gasteiger partial charge is 0.368 e. The number of nitrogens with two attached hydrogens (primary N) is 1. The predicted octanol–water partition coefficient (Wildman–Crippen LogP) is 2.51. The molecule has 0 saturated heterocycles. The van der Waals surface area contributed by atoms with E-state index in [0.29, 0.717) is 11.4 Å². The number of hydrogen-bond acceptors (Lipinski definition) is 4. The molecule has 0 aromatic carbocycles. The number of aromatic nitrogens is 1. The Morgan fingerprint density at radius 1 is 1.50 bits per heavy atom. The topological polar surface area (TPSA) is 68.0 Å². The second kappa shape index (κ2) is 6.64. The molecule has 0 spiro atoms. The molecule has 0 saturated carbocycles. The summed E-state index contributed by atoms with van der Waals surface area (Å²) in [5.41, 5.74) is 5.77. The number of thioether (sulfide) groups is 1. The fourth-order valence-electron chi connectivity index (χ4n) is 1.85. The van der Waals surface area contributed by atoms with Gasteiger partial charge in [0.05, 0.1) is 5.56 Å². The third-order valence-corrected chi connectivity index (χ3v) is 4.96. The van der Waals surface area contributed by atoms with E-state index in [4.69, 9.17) is 5.73 Å². The Kier molecular flexibility index (Phi) is 5.47. The lowest BCUT2D eigenvalue weighted by Crippen LogP contribution is -2.32.